The minimum absolute atomic E-state index is 0.371. The molecule has 4 heteroatoms. The van der Waals surface area contributed by atoms with Crippen molar-refractivity contribution in [3.8, 4) is 11.6 Å². The van der Waals surface area contributed by atoms with Crippen molar-refractivity contribution in [2.45, 2.75) is 5.85 Å². The van der Waals surface area contributed by atoms with Crippen molar-refractivity contribution in [3.63, 3.8) is 0 Å². The van der Waals surface area contributed by atoms with Crippen molar-refractivity contribution in [2.24, 2.45) is 0 Å². The predicted octanol–water partition coefficient (Wildman–Crippen LogP) is 4.51. The normalized spacial score (nSPS) is 14.0. The van der Waals surface area contributed by atoms with E-state index in [1.54, 1.807) is 24.3 Å². The summed E-state index contributed by atoms with van der Waals surface area (Å²) in [5, 5.41) is 11.2. The molecule has 0 aliphatic heterocycles. The first kappa shape index (κ1) is 17.2. The zero-order valence-corrected chi connectivity index (χ0v) is 14.2. The van der Waals surface area contributed by atoms with Gasteiger partial charge < -0.3 is 9.67 Å². The maximum atomic E-state index is 13.7. The van der Waals surface area contributed by atoms with Crippen LogP contribution in [0.3, 0.4) is 0 Å². The van der Waals surface area contributed by atoms with Crippen LogP contribution in [-0.2, 0) is 4.57 Å². The van der Waals surface area contributed by atoms with Crippen LogP contribution in [0.1, 0.15) is 17.0 Å². The van der Waals surface area contributed by atoms with Crippen LogP contribution in [0.25, 0.3) is 0 Å². The van der Waals surface area contributed by atoms with Gasteiger partial charge in [0.1, 0.15) is 11.7 Å². The van der Waals surface area contributed by atoms with E-state index in [0.29, 0.717) is 16.4 Å². The molecule has 0 saturated heterocycles. The Morgan fingerprint density at radius 2 is 1.40 bits per heavy atom. The highest BCUT2D eigenvalue weighted by Gasteiger charge is 2.33. The Morgan fingerprint density at radius 1 is 0.840 bits per heavy atom. The van der Waals surface area contributed by atoms with E-state index in [4.69, 9.17) is 0 Å². The highest BCUT2D eigenvalue weighted by Crippen LogP contribution is 2.55. The van der Waals surface area contributed by atoms with E-state index in [0.717, 1.165) is 0 Å². The van der Waals surface area contributed by atoms with E-state index in [9.17, 15) is 14.1 Å². The number of rotatable bonds is 3. The highest BCUT2D eigenvalue weighted by atomic mass is 31.2. The highest BCUT2D eigenvalue weighted by molar-refractivity contribution is 7.76. The fourth-order valence-corrected chi connectivity index (χ4v) is 4.47. The molecule has 25 heavy (non-hydrogen) atoms. The van der Waals surface area contributed by atoms with Crippen molar-refractivity contribution in [1.82, 2.24) is 0 Å². The van der Waals surface area contributed by atoms with Gasteiger partial charge in [0.2, 0.25) is 7.14 Å². The molecule has 0 bridgehead atoms. The molecule has 2 atom stereocenters. The molecule has 3 rings (SSSR count). The van der Waals surface area contributed by atoms with Gasteiger partial charge >= 0.3 is 0 Å². The minimum Gasteiger partial charge on any atom is -0.379 e. The largest absolute Gasteiger partial charge is 0.379 e. The Hall–Kier alpha value is -2.66. The fourth-order valence-electron chi connectivity index (χ4n) is 2.43. The van der Waals surface area contributed by atoms with Gasteiger partial charge in [-0.2, -0.15) is 0 Å². The molecule has 0 aromatic heterocycles. The molecule has 2 nitrogen and oxygen atoms in total. The van der Waals surface area contributed by atoms with Gasteiger partial charge in [-0.15, -0.1) is 0 Å². The minimum atomic E-state index is -3.49. The van der Waals surface area contributed by atoms with Gasteiger partial charge in [-0.1, -0.05) is 66.6 Å². The molecule has 0 amide bonds. The molecule has 3 aromatic carbocycles. The van der Waals surface area contributed by atoms with Crippen LogP contribution >= 0.6 is 7.14 Å². The van der Waals surface area contributed by atoms with Crippen molar-refractivity contribution < 1.29 is 14.1 Å². The molecule has 0 aliphatic carbocycles. The lowest BCUT2D eigenvalue weighted by Crippen LogP contribution is -2.10. The summed E-state index contributed by atoms with van der Waals surface area (Å²) in [5.41, 5.74) is 3.89. The second-order valence-corrected chi connectivity index (χ2v) is 8.07. The lowest BCUT2D eigenvalue weighted by molar-refractivity contribution is 0.257. The van der Waals surface area contributed by atoms with Crippen molar-refractivity contribution in [3.05, 3.63) is 102 Å². The summed E-state index contributed by atoms with van der Waals surface area (Å²) in [6, 6.07) is 23.2. The summed E-state index contributed by atoms with van der Waals surface area (Å²) in [4.78, 5) is 0. The first-order valence-corrected chi connectivity index (χ1v) is 9.54. The van der Waals surface area contributed by atoms with E-state index in [2.05, 4.69) is 11.6 Å². The van der Waals surface area contributed by atoms with Crippen molar-refractivity contribution in [2.75, 3.05) is 0 Å². The van der Waals surface area contributed by atoms with Gasteiger partial charge in [0, 0.05) is 10.9 Å². The zero-order chi connectivity index (χ0) is 17.7. The Morgan fingerprint density at radius 3 is 2.00 bits per heavy atom. The van der Waals surface area contributed by atoms with Gasteiger partial charge in [0.05, 0.1) is 0 Å². The molecule has 0 heterocycles. The SMILES string of the molecule is O=[P@@](C#Cc1ccccc1)(c1ccccc1)[C@H](O)c1ccc(F)cc1. The van der Waals surface area contributed by atoms with Gasteiger partial charge in [-0.05, 0) is 35.5 Å². The third-order valence-corrected chi connectivity index (χ3v) is 6.29. The summed E-state index contributed by atoms with van der Waals surface area (Å²) < 4.78 is 26.8. The Balaban J connectivity index is 2.08. The first-order valence-electron chi connectivity index (χ1n) is 7.77. The van der Waals surface area contributed by atoms with Crippen molar-refractivity contribution in [1.29, 1.82) is 0 Å². The number of aliphatic hydroxyl groups excluding tert-OH is 1. The van der Waals surface area contributed by atoms with Crippen LogP contribution in [0.2, 0.25) is 0 Å². The average Bonchev–Trinajstić information content (AvgIpc) is 2.67. The molecule has 3 aromatic rings. The number of aliphatic hydroxyl groups is 1. The van der Waals surface area contributed by atoms with Crippen LogP contribution in [-0.4, -0.2) is 5.11 Å². The summed E-state index contributed by atoms with van der Waals surface area (Å²) in [6.45, 7) is 0. The maximum absolute atomic E-state index is 13.7. The molecule has 0 unspecified atom stereocenters. The Bertz CT molecular complexity index is 942. The second kappa shape index (κ2) is 7.49. The molecular formula is C21H16FO2P. The predicted molar refractivity (Wildman–Crippen MR) is 98.4 cm³/mol. The summed E-state index contributed by atoms with van der Waals surface area (Å²) in [7, 11) is -3.49. The number of benzene rings is 3. The molecular weight excluding hydrogens is 334 g/mol. The van der Waals surface area contributed by atoms with E-state index < -0.39 is 18.8 Å². The van der Waals surface area contributed by atoms with Gasteiger partial charge in [-0.25, -0.2) is 4.39 Å². The molecule has 124 valence electrons. The van der Waals surface area contributed by atoms with Crippen LogP contribution in [0.15, 0.2) is 84.9 Å². The monoisotopic (exact) mass is 350 g/mol. The number of halogens is 1. The van der Waals surface area contributed by atoms with E-state index in [1.807, 2.05) is 36.4 Å². The molecule has 0 fully saturated rings. The number of hydrogen-bond acceptors (Lipinski definition) is 2. The topological polar surface area (TPSA) is 37.3 Å². The quantitative estimate of drug-likeness (QED) is 0.557. The molecule has 0 radical (unpaired) electrons. The van der Waals surface area contributed by atoms with Crippen LogP contribution in [0, 0.1) is 17.4 Å². The number of hydrogen-bond donors (Lipinski definition) is 1. The van der Waals surface area contributed by atoms with Crippen LogP contribution < -0.4 is 5.30 Å². The lowest BCUT2D eigenvalue weighted by Gasteiger charge is -2.19. The van der Waals surface area contributed by atoms with Gasteiger partial charge in [-0.3, -0.25) is 0 Å². The zero-order valence-electron chi connectivity index (χ0n) is 13.3. The third kappa shape index (κ3) is 3.88. The Labute approximate surface area is 146 Å². The standard InChI is InChI=1S/C21H16FO2P/c22-19-13-11-18(12-14-19)21(23)25(24,20-9-5-2-6-10-20)16-15-17-7-3-1-4-8-17/h1-14,21,23H/t21-,25-/m0/s1. The third-order valence-electron chi connectivity index (χ3n) is 3.79. The van der Waals surface area contributed by atoms with Gasteiger partial charge in [0.25, 0.3) is 0 Å². The van der Waals surface area contributed by atoms with E-state index in [-0.39, 0.29) is 0 Å². The molecule has 0 saturated carbocycles. The second-order valence-electron chi connectivity index (χ2n) is 5.52. The Kier molecular flexibility index (Phi) is 5.14. The molecule has 0 spiro atoms. The first-order chi connectivity index (χ1) is 12.1. The van der Waals surface area contributed by atoms with Gasteiger partial charge in [0.15, 0.2) is 0 Å². The van der Waals surface area contributed by atoms with E-state index in [1.165, 1.54) is 24.3 Å². The summed E-state index contributed by atoms with van der Waals surface area (Å²) >= 11 is 0. The lowest BCUT2D eigenvalue weighted by atomic mass is 10.2. The maximum Gasteiger partial charge on any atom is 0.214 e. The summed E-state index contributed by atoms with van der Waals surface area (Å²) in [6.07, 6.45) is 0. The smallest absolute Gasteiger partial charge is 0.214 e. The fraction of sp³-hybridized carbons (Fsp3) is 0.0476. The average molecular weight is 350 g/mol. The molecule has 0 aliphatic rings. The van der Waals surface area contributed by atoms with E-state index >= 15 is 0 Å². The van der Waals surface area contributed by atoms with Crippen LogP contribution in [0.5, 0.6) is 0 Å². The summed E-state index contributed by atoms with van der Waals surface area (Å²) in [5.74, 6) is 1.16. The van der Waals surface area contributed by atoms with Crippen LogP contribution in [0.4, 0.5) is 4.39 Å². The van der Waals surface area contributed by atoms with Crippen molar-refractivity contribution >= 4 is 12.4 Å². The molecule has 1 N–H and O–H groups in total.